The lowest BCUT2D eigenvalue weighted by Crippen LogP contribution is -2.40. The Bertz CT molecular complexity index is 511. The van der Waals surface area contributed by atoms with E-state index in [9.17, 15) is 18.7 Å². The summed E-state index contributed by atoms with van der Waals surface area (Å²) in [4.78, 5) is 13.7. The van der Waals surface area contributed by atoms with Crippen LogP contribution in [-0.2, 0) is 4.79 Å². The van der Waals surface area contributed by atoms with Crippen LogP contribution in [0.25, 0.3) is 0 Å². The van der Waals surface area contributed by atoms with Crippen molar-refractivity contribution in [3.05, 3.63) is 29.8 Å². The number of amides is 1. The molecular weight excluding hydrogens is 290 g/mol. The molecule has 2 rings (SSSR count). The first-order valence-electron chi connectivity index (χ1n) is 7.53. The maximum absolute atomic E-state index is 13.0. The van der Waals surface area contributed by atoms with E-state index in [1.54, 1.807) is 0 Å². The summed E-state index contributed by atoms with van der Waals surface area (Å²) < 4.78 is 26.1. The molecule has 122 valence electrons. The topological polar surface area (TPSA) is 52.6 Å². The van der Waals surface area contributed by atoms with Crippen LogP contribution in [-0.4, -0.2) is 41.7 Å². The molecule has 0 atom stereocenters. The van der Waals surface area contributed by atoms with Crippen molar-refractivity contribution in [3.63, 3.8) is 0 Å². The number of hydrogen-bond acceptors (Lipinski definition) is 3. The number of carbonyl (C=O) groups is 1. The summed E-state index contributed by atoms with van der Waals surface area (Å²) in [5.41, 5.74) is -0.531. The Balaban J connectivity index is 1.77. The molecule has 1 saturated carbocycles. The first kappa shape index (κ1) is 16.8. The van der Waals surface area contributed by atoms with Crippen molar-refractivity contribution in [2.75, 3.05) is 25.5 Å². The number of aliphatic hydroxyl groups is 1. The molecule has 4 nitrogen and oxygen atoms in total. The molecule has 0 aromatic heterocycles. The summed E-state index contributed by atoms with van der Waals surface area (Å²) in [6.45, 7) is 1.01. The third-order valence-corrected chi connectivity index (χ3v) is 3.97. The predicted molar refractivity (Wildman–Crippen MR) is 80.5 cm³/mol. The van der Waals surface area contributed by atoms with Crippen molar-refractivity contribution in [3.8, 4) is 0 Å². The van der Waals surface area contributed by atoms with Gasteiger partial charge in [0.1, 0.15) is 11.6 Å². The van der Waals surface area contributed by atoms with E-state index in [0.29, 0.717) is 13.1 Å². The van der Waals surface area contributed by atoms with Crippen LogP contribution in [0.2, 0.25) is 0 Å². The Morgan fingerprint density at radius 1 is 1.27 bits per heavy atom. The van der Waals surface area contributed by atoms with E-state index in [0.717, 1.165) is 43.9 Å². The maximum atomic E-state index is 13.0. The highest BCUT2D eigenvalue weighted by Crippen LogP contribution is 2.29. The zero-order valence-electron chi connectivity index (χ0n) is 12.7. The van der Waals surface area contributed by atoms with Crippen LogP contribution in [0.15, 0.2) is 18.2 Å². The smallest absolute Gasteiger partial charge is 0.225 e. The lowest BCUT2D eigenvalue weighted by molar-refractivity contribution is -0.116. The molecule has 2 N–H and O–H groups in total. The molecule has 0 aliphatic heterocycles. The van der Waals surface area contributed by atoms with Crippen LogP contribution >= 0.6 is 0 Å². The fraction of sp³-hybridized carbons (Fsp3) is 0.562. The van der Waals surface area contributed by atoms with Gasteiger partial charge in [-0.3, -0.25) is 4.79 Å². The molecule has 0 heterocycles. The highest BCUT2D eigenvalue weighted by atomic mass is 19.1. The Labute approximate surface area is 129 Å². The first-order valence-corrected chi connectivity index (χ1v) is 7.53. The average Bonchev–Trinajstić information content (AvgIpc) is 2.81. The predicted octanol–water partition coefficient (Wildman–Crippen LogP) is 2.53. The van der Waals surface area contributed by atoms with E-state index < -0.39 is 17.2 Å². The molecule has 6 heteroatoms. The van der Waals surface area contributed by atoms with E-state index in [2.05, 4.69) is 5.32 Å². The van der Waals surface area contributed by atoms with Gasteiger partial charge in [0, 0.05) is 31.3 Å². The highest BCUT2D eigenvalue weighted by molar-refractivity contribution is 5.90. The van der Waals surface area contributed by atoms with Gasteiger partial charge < -0.3 is 15.3 Å². The van der Waals surface area contributed by atoms with E-state index in [1.807, 2.05) is 11.9 Å². The lowest BCUT2D eigenvalue weighted by Gasteiger charge is -2.28. The van der Waals surface area contributed by atoms with Gasteiger partial charge in [-0.2, -0.15) is 0 Å². The molecule has 0 bridgehead atoms. The number of nitrogens with one attached hydrogen (secondary N) is 1. The van der Waals surface area contributed by atoms with Crippen LogP contribution in [0.1, 0.15) is 32.1 Å². The van der Waals surface area contributed by atoms with Gasteiger partial charge in [0.2, 0.25) is 5.91 Å². The average molecular weight is 312 g/mol. The fourth-order valence-corrected chi connectivity index (χ4v) is 2.91. The number of carbonyl (C=O) groups excluding carboxylic acids is 1. The number of nitrogens with zero attached hydrogens (tertiary/aromatic N) is 1. The lowest BCUT2D eigenvalue weighted by atomic mass is 10.0. The monoisotopic (exact) mass is 312 g/mol. The van der Waals surface area contributed by atoms with Gasteiger partial charge in [-0.25, -0.2) is 8.78 Å². The van der Waals surface area contributed by atoms with Crippen molar-refractivity contribution in [2.24, 2.45) is 0 Å². The van der Waals surface area contributed by atoms with Crippen molar-refractivity contribution in [1.82, 2.24) is 4.90 Å². The van der Waals surface area contributed by atoms with Gasteiger partial charge in [0.25, 0.3) is 0 Å². The third-order valence-electron chi connectivity index (χ3n) is 3.97. The fourth-order valence-electron chi connectivity index (χ4n) is 2.91. The molecule has 1 aromatic carbocycles. The van der Waals surface area contributed by atoms with Gasteiger partial charge in [-0.05, 0) is 32.0 Å². The summed E-state index contributed by atoms with van der Waals surface area (Å²) in [5.74, 6) is -1.76. The zero-order valence-corrected chi connectivity index (χ0v) is 12.7. The Morgan fingerprint density at radius 2 is 1.86 bits per heavy atom. The molecule has 0 saturated heterocycles. The van der Waals surface area contributed by atoms with Crippen LogP contribution in [0.5, 0.6) is 0 Å². The molecule has 1 fully saturated rings. The molecule has 1 aromatic rings. The summed E-state index contributed by atoms with van der Waals surface area (Å²) in [6, 6.07) is 2.91. The van der Waals surface area contributed by atoms with Crippen LogP contribution < -0.4 is 5.32 Å². The first-order chi connectivity index (χ1) is 10.4. The minimum absolute atomic E-state index is 0.111. The van der Waals surface area contributed by atoms with Gasteiger partial charge in [0.05, 0.1) is 5.60 Å². The summed E-state index contributed by atoms with van der Waals surface area (Å²) in [7, 11) is 1.85. The Morgan fingerprint density at radius 3 is 2.45 bits per heavy atom. The van der Waals surface area contributed by atoms with Crippen molar-refractivity contribution in [1.29, 1.82) is 0 Å². The minimum atomic E-state index is -0.726. The second kappa shape index (κ2) is 7.15. The molecule has 1 aliphatic carbocycles. The van der Waals surface area contributed by atoms with E-state index >= 15 is 0 Å². The number of likely N-dealkylation sites (N-methyl/N-ethyl adjacent to an activating group) is 1. The number of benzene rings is 1. The number of anilines is 1. The van der Waals surface area contributed by atoms with E-state index in [-0.39, 0.29) is 18.0 Å². The van der Waals surface area contributed by atoms with Crippen molar-refractivity contribution < 1.29 is 18.7 Å². The molecule has 1 aliphatic rings. The number of rotatable bonds is 6. The Hall–Kier alpha value is -1.53. The quantitative estimate of drug-likeness (QED) is 0.849. The summed E-state index contributed by atoms with van der Waals surface area (Å²) in [5, 5.41) is 12.8. The zero-order chi connectivity index (χ0) is 16.2. The van der Waals surface area contributed by atoms with Crippen LogP contribution in [0.3, 0.4) is 0 Å². The standard InChI is InChI=1S/C16H22F2N2O2/c1-20(11-16(22)5-2-3-6-16)7-4-15(21)19-14-9-12(17)8-13(18)10-14/h8-10,22H,2-7,11H2,1H3,(H,19,21). The third kappa shape index (κ3) is 5.03. The summed E-state index contributed by atoms with van der Waals surface area (Å²) in [6.07, 6.45) is 3.87. The van der Waals surface area contributed by atoms with Crippen molar-refractivity contribution in [2.45, 2.75) is 37.7 Å². The van der Waals surface area contributed by atoms with Crippen LogP contribution in [0, 0.1) is 11.6 Å². The van der Waals surface area contributed by atoms with Gasteiger partial charge in [-0.1, -0.05) is 12.8 Å². The SMILES string of the molecule is CN(CCC(=O)Nc1cc(F)cc(F)c1)CC1(O)CCCC1. The highest BCUT2D eigenvalue weighted by Gasteiger charge is 2.32. The van der Waals surface area contributed by atoms with Gasteiger partial charge >= 0.3 is 0 Å². The molecule has 0 unspecified atom stereocenters. The largest absolute Gasteiger partial charge is 0.389 e. The maximum Gasteiger partial charge on any atom is 0.225 e. The van der Waals surface area contributed by atoms with Gasteiger partial charge in [-0.15, -0.1) is 0 Å². The normalized spacial score (nSPS) is 17.0. The van der Waals surface area contributed by atoms with E-state index in [1.165, 1.54) is 0 Å². The summed E-state index contributed by atoms with van der Waals surface area (Å²) >= 11 is 0. The number of hydrogen-bond donors (Lipinski definition) is 2. The van der Waals surface area contributed by atoms with E-state index in [4.69, 9.17) is 0 Å². The van der Waals surface area contributed by atoms with Gasteiger partial charge in [0.15, 0.2) is 0 Å². The molecular formula is C16H22F2N2O2. The number of halogens is 2. The second-order valence-electron chi connectivity index (χ2n) is 6.13. The van der Waals surface area contributed by atoms with Crippen molar-refractivity contribution >= 4 is 11.6 Å². The second-order valence-corrected chi connectivity index (χ2v) is 6.13. The molecule has 22 heavy (non-hydrogen) atoms. The minimum Gasteiger partial charge on any atom is -0.389 e. The molecule has 0 radical (unpaired) electrons. The Kier molecular flexibility index (Phi) is 5.47. The molecule has 1 amide bonds. The van der Waals surface area contributed by atoms with Crippen LogP contribution in [0.4, 0.5) is 14.5 Å². The molecule has 0 spiro atoms.